The monoisotopic (exact) mass is 290 g/mol. The minimum atomic E-state index is -0.240. The minimum Gasteiger partial charge on any atom is -0.466 e. The van der Waals surface area contributed by atoms with Crippen LogP contribution in [-0.2, 0) is 16.0 Å². The molecule has 0 saturated heterocycles. The molecule has 1 aromatic heterocycles. The van der Waals surface area contributed by atoms with Crippen LogP contribution in [0, 0.1) is 13.8 Å². The molecule has 1 N–H and O–H groups in total. The lowest BCUT2D eigenvalue weighted by atomic mass is 10.1. The Hall–Kier alpha value is -1.88. The van der Waals surface area contributed by atoms with E-state index in [0.29, 0.717) is 6.61 Å². The van der Waals surface area contributed by atoms with E-state index in [0.717, 1.165) is 22.1 Å². The average molecular weight is 290 g/mol. The summed E-state index contributed by atoms with van der Waals surface area (Å²) < 4.78 is 4.91. The predicted molar refractivity (Wildman–Crippen MR) is 81.6 cm³/mol. The molecule has 4 nitrogen and oxygen atoms in total. The number of carbonyl (C=O) groups is 1. The van der Waals surface area contributed by atoms with E-state index in [1.165, 1.54) is 16.9 Å². The second-order valence-corrected chi connectivity index (χ2v) is 5.43. The van der Waals surface area contributed by atoms with Gasteiger partial charge in [0.25, 0.3) is 0 Å². The zero-order chi connectivity index (χ0) is 14.5. The van der Waals surface area contributed by atoms with E-state index in [-0.39, 0.29) is 12.4 Å². The van der Waals surface area contributed by atoms with Gasteiger partial charge in [0.05, 0.1) is 18.7 Å². The van der Waals surface area contributed by atoms with Crippen LogP contribution in [0.3, 0.4) is 0 Å². The molecular formula is C15H18N2O2S. The molecule has 5 heteroatoms. The lowest BCUT2D eigenvalue weighted by Gasteiger charge is -2.07. The van der Waals surface area contributed by atoms with Gasteiger partial charge in [-0.3, -0.25) is 4.79 Å². The summed E-state index contributed by atoms with van der Waals surface area (Å²) in [5.74, 6) is -0.240. The van der Waals surface area contributed by atoms with Crippen molar-refractivity contribution in [3.8, 4) is 0 Å². The van der Waals surface area contributed by atoms with Crippen molar-refractivity contribution in [3.63, 3.8) is 0 Å². The molecule has 0 atom stereocenters. The fourth-order valence-corrected chi connectivity index (χ4v) is 2.51. The molecule has 0 fully saturated rings. The molecule has 106 valence electrons. The van der Waals surface area contributed by atoms with Gasteiger partial charge in [-0.15, -0.1) is 11.3 Å². The van der Waals surface area contributed by atoms with Gasteiger partial charge in [-0.2, -0.15) is 0 Å². The average Bonchev–Trinajstić information content (AvgIpc) is 2.81. The standard InChI is InChI=1S/C15H18N2O2S/c1-4-19-14(18)8-12-9-20-15(16-12)17-13-7-10(2)5-6-11(13)3/h5-7,9H,4,8H2,1-3H3,(H,16,17). The first kappa shape index (κ1) is 14.5. The van der Waals surface area contributed by atoms with E-state index < -0.39 is 0 Å². The normalized spacial score (nSPS) is 10.3. The number of anilines is 2. The van der Waals surface area contributed by atoms with Crippen molar-refractivity contribution in [2.45, 2.75) is 27.2 Å². The predicted octanol–water partition coefficient (Wildman–Crippen LogP) is 3.61. The van der Waals surface area contributed by atoms with Crippen LogP contribution in [0.2, 0.25) is 0 Å². The van der Waals surface area contributed by atoms with Crippen LogP contribution in [0.4, 0.5) is 10.8 Å². The first-order valence-corrected chi connectivity index (χ1v) is 7.40. The van der Waals surface area contributed by atoms with Gasteiger partial charge in [0, 0.05) is 11.1 Å². The Bertz CT molecular complexity index is 608. The highest BCUT2D eigenvalue weighted by atomic mass is 32.1. The van der Waals surface area contributed by atoms with E-state index in [4.69, 9.17) is 4.74 Å². The highest BCUT2D eigenvalue weighted by molar-refractivity contribution is 7.13. The Morgan fingerprint density at radius 3 is 2.95 bits per heavy atom. The van der Waals surface area contributed by atoms with Gasteiger partial charge in [-0.1, -0.05) is 12.1 Å². The Morgan fingerprint density at radius 2 is 2.20 bits per heavy atom. The van der Waals surface area contributed by atoms with Crippen molar-refractivity contribution >= 4 is 28.1 Å². The van der Waals surface area contributed by atoms with Gasteiger partial charge in [0.15, 0.2) is 5.13 Å². The number of nitrogens with zero attached hydrogens (tertiary/aromatic N) is 1. The topological polar surface area (TPSA) is 51.2 Å². The summed E-state index contributed by atoms with van der Waals surface area (Å²) in [6, 6.07) is 6.24. The maximum atomic E-state index is 11.4. The molecule has 2 rings (SSSR count). The summed E-state index contributed by atoms with van der Waals surface area (Å²) in [5, 5.41) is 5.96. The van der Waals surface area contributed by atoms with Crippen molar-refractivity contribution in [3.05, 3.63) is 40.4 Å². The van der Waals surface area contributed by atoms with E-state index >= 15 is 0 Å². The molecular weight excluding hydrogens is 272 g/mol. The quantitative estimate of drug-likeness (QED) is 0.855. The third-order valence-corrected chi connectivity index (χ3v) is 3.62. The summed E-state index contributed by atoms with van der Waals surface area (Å²) in [4.78, 5) is 15.8. The molecule has 2 aromatic rings. The van der Waals surface area contributed by atoms with Crippen molar-refractivity contribution in [1.29, 1.82) is 0 Å². The van der Waals surface area contributed by atoms with Crippen LogP contribution in [0.25, 0.3) is 0 Å². The summed E-state index contributed by atoms with van der Waals surface area (Å²) >= 11 is 1.49. The number of aryl methyl sites for hydroxylation is 2. The summed E-state index contributed by atoms with van der Waals surface area (Å²) in [6.07, 6.45) is 0.221. The SMILES string of the molecule is CCOC(=O)Cc1csc(Nc2cc(C)ccc2C)n1. The highest BCUT2D eigenvalue weighted by Crippen LogP contribution is 2.24. The second kappa shape index (κ2) is 6.52. The fourth-order valence-electron chi connectivity index (χ4n) is 1.79. The van der Waals surface area contributed by atoms with E-state index in [1.807, 2.05) is 5.38 Å². The number of carbonyl (C=O) groups excluding carboxylic acids is 1. The molecule has 0 unspecified atom stereocenters. The number of esters is 1. The smallest absolute Gasteiger partial charge is 0.311 e. The van der Waals surface area contributed by atoms with Crippen LogP contribution in [-0.4, -0.2) is 17.6 Å². The fraction of sp³-hybridized carbons (Fsp3) is 0.333. The van der Waals surface area contributed by atoms with Crippen molar-refractivity contribution in [1.82, 2.24) is 4.98 Å². The Morgan fingerprint density at radius 1 is 1.40 bits per heavy atom. The highest BCUT2D eigenvalue weighted by Gasteiger charge is 2.09. The van der Waals surface area contributed by atoms with Crippen LogP contribution in [0.1, 0.15) is 23.7 Å². The number of hydrogen-bond donors (Lipinski definition) is 1. The lowest BCUT2D eigenvalue weighted by molar-refractivity contribution is -0.142. The van der Waals surface area contributed by atoms with Crippen LogP contribution in [0.15, 0.2) is 23.6 Å². The summed E-state index contributed by atoms with van der Waals surface area (Å²) in [6.45, 7) is 6.30. The number of ether oxygens (including phenoxy) is 1. The molecule has 1 heterocycles. The molecule has 1 aromatic carbocycles. The second-order valence-electron chi connectivity index (χ2n) is 4.57. The van der Waals surface area contributed by atoms with Crippen molar-refractivity contribution in [2.24, 2.45) is 0 Å². The molecule has 0 radical (unpaired) electrons. The number of benzene rings is 1. The number of thiazole rings is 1. The van der Waals surface area contributed by atoms with Crippen molar-refractivity contribution in [2.75, 3.05) is 11.9 Å². The Balaban J connectivity index is 2.06. The van der Waals surface area contributed by atoms with Crippen LogP contribution in [0.5, 0.6) is 0 Å². The maximum absolute atomic E-state index is 11.4. The van der Waals surface area contributed by atoms with E-state index in [9.17, 15) is 4.79 Å². The maximum Gasteiger partial charge on any atom is 0.311 e. The molecule has 0 amide bonds. The minimum absolute atomic E-state index is 0.221. The number of nitrogens with one attached hydrogen (secondary N) is 1. The van der Waals surface area contributed by atoms with Crippen LogP contribution < -0.4 is 5.32 Å². The largest absolute Gasteiger partial charge is 0.466 e. The molecule has 0 aliphatic carbocycles. The molecule has 0 aliphatic rings. The third-order valence-electron chi connectivity index (χ3n) is 2.82. The zero-order valence-corrected chi connectivity index (χ0v) is 12.7. The molecule has 20 heavy (non-hydrogen) atoms. The molecule has 0 spiro atoms. The summed E-state index contributed by atoms with van der Waals surface area (Å²) in [7, 11) is 0. The van der Waals surface area contributed by atoms with Gasteiger partial charge in [0.2, 0.25) is 0 Å². The van der Waals surface area contributed by atoms with Gasteiger partial charge < -0.3 is 10.1 Å². The number of rotatable bonds is 5. The zero-order valence-electron chi connectivity index (χ0n) is 11.9. The van der Waals surface area contributed by atoms with Crippen molar-refractivity contribution < 1.29 is 9.53 Å². The summed E-state index contributed by atoms with van der Waals surface area (Å²) in [5.41, 5.74) is 4.14. The van der Waals surface area contributed by atoms with E-state index in [2.05, 4.69) is 42.3 Å². The first-order chi connectivity index (χ1) is 9.58. The van der Waals surface area contributed by atoms with Crippen LogP contribution >= 0.6 is 11.3 Å². The van der Waals surface area contributed by atoms with Gasteiger partial charge in [-0.25, -0.2) is 4.98 Å². The lowest BCUT2D eigenvalue weighted by Crippen LogP contribution is -2.07. The molecule has 0 bridgehead atoms. The molecule has 0 saturated carbocycles. The Kier molecular flexibility index (Phi) is 4.74. The Labute approximate surface area is 122 Å². The molecule has 0 aliphatic heterocycles. The first-order valence-electron chi connectivity index (χ1n) is 6.52. The van der Waals surface area contributed by atoms with Gasteiger partial charge in [-0.05, 0) is 38.0 Å². The van der Waals surface area contributed by atoms with Gasteiger partial charge in [0.1, 0.15) is 0 Å². The number of hydrogen-bond acceptors (Lipinski definition) is 5. The number of aromatic nitrogens is 1. The van der Waals surface area contributed by atoms with E-state index in [1.54, 1.807) is 6.92 Å². The van der Waals surface area contributed by atoms with Gasteiger partial charge >= 0.3 is 5.97 Å². The third kappa shape index (κ3) is 3.81.